The fraction of sp³-hybridized carbons (Fsp3) is 0.556. The molecule has 0 fully saturated rings. The highest BCUT2D eigenvalue weighted by Crippen LogP contribution is 2.23. The van der Waals surface area contributed by atoms with E-state index in [1.54, 1.807) is 6.92 Å². The van der Waals surface area contributed by atoms with E-state index in [0.717, 1.165) is 4.90 Å². The molecule has 3 N–H and O–H groups in total. The van der Waals surface area contributed by atoms with Crippen molar-refractivity contribution in [2.75, 3.05) is 30.3 Å². The number of halogens is 3. The molecule has 1 heterocycles. The van der Waals surface area contributed by atoms with Crippen molar-refractivity contribution in [3.05, 3.63) is 11.8 Å². The lowest BCUT2D eigenvalue weighted by atomic mass is 10.3. The maximum atomic E-state index is 12.3. The molecule has 0 saturated carbocycles. The summed E-state index contributed by atoms with van der Waals surface area (Å²) in [4.78, 5) is 8.36. The summed E-state index contributed by atoms with van der Waals surface area (Å²) in [5.74, 6) is -0.0143. The van der Waals surface area contributed by atoms with E-state index < -0.39 is 19.3 Å². The molecule has 0 spiro atoms. The first-order valence-electron chi connectivity index (χ1n) is 4.85. The summed E-state index contributed by atoms with van der Waals surface area (Å²) < 4.78 is 37.0. The van der Waals surface area contributed by atoms with Crippen LogP contribution in [0, 0.1) is 6.92 Å². The molecule has 1 aromatic heterocycles. The Bertz CT molecular complexity index is 383. The van der Waals surface area contributed by atoms with Crippen molar-refractivity contribution in [2.45, 2.75) is 13.1 Å². The van der Waals surface area contributed by atoms with Crippen molar-refractivity contribution in [3.8, 4) is 0 Å². The molecule has 96 valence electrons. The first-order valence-corrected chi connectivity index (χ1v) is 4.85. The van der Waals surface area contributed by atoms with Crippen molar-refractivity contribution in [1.82, 2.24) is 9.97 Å². The van der Waals surface area contributed by atoms with Crippen LogP contribution in [0.1, 0.15) is 5.56 Å². The fourth-order valence-corrected chi connectivity index (χ4v) is 1.36. The summed E-state index contributed by atoms with van der Waals surface area (Å²) in [6.07, 6.45) is -3.03. The van der Waals surface area contributed by atoms with Crippen LogP contribution >= 0.6 is 0 Å². The van der Waals surface area contributed by atoms with Gasteiger partial charge in [-0.15, -0.1) is 0 Å². The van der Waals surface area contributed by atoms with Crippen molar-refractivity contribution in [2.24, 2.45) is 0 Å². The number of aliphatic hydroxyl groups is 1. The topological polar surface area (TPSA) is 75.3 Å². The lowest BCUT2D eigenvalue weighted by Crippen LogP contribution is -2.37. The lowest BCUT2D eigenvalue weighted by molar-refractivity contribution is -0.120. The lowest BCUT2D eigenvalue weighted by Gasteiger charge is -2.25. The Hall–Kier alpha value is -1.57. The molecule has 0 saturated heterocycles. The third-order valence-corrected chi connectivity index (χ3v) is 2.00. The molecule has 0 aliphatic heterocycles. The molecule has 0 bridgehead atoms. The third kappa shape index (κ3) is 4.06. The van der Waals surface area contributed by atoms with Crippen LogP contribution in [0.2, 0.25) is 0 Å². The standard InChI is InChI=1S/C9H13F3N4O/c1-6-4-14-8(13)15-7(6)16(2-3-17)5-9(10,11)12/h4,17H,2-3,5H2,1H3,(H2,13,14,15). The Morgan fingerprint density at radius 1 is 1.47 bits per heavy atom. The van der Waals surface area contributed by atoms with Gasteiger partial charge in [0.2, 0.25) is 5.95 Å². The molecular weight excluding hydrogens is 237 g/mol. The minimum atomic E-state index is -4.37. The number of aryl methyl sites for hydroxylation is 1. The monoisotopic (exact) mass is 250 g/mol. The van der Waals surface area contributed by atoms with Crippen LogP contribution in [-0.2, 0) is 0 Å². The number of alkyl halides is 3. The van der Waals surface area contributed by atoms with Gasteiger partial charge in [0.05, 0.1) is 6.61 Å². The van der Waals surface area contributed by atoms with E-state index >= 15 is 0 Å². The SMILES string of the molecule is Cc1cnc(N)nc1N(CCO)CC(F)(F)F. The molecule has 0 aliphatic rings. The molecule has 1 rings (SSSR count). The summed E-state index contributed by atoms with van der Waals surface area (Å²) >= 11 is 0. The number of nitrogens with two attached hydrogens (primary N) is 1. The number of hydrogen-bond donors (Lipinski definition) is 2. The van der Waals surface area contributed by atoms with Gasteiger partial charge in [-0.1, -0.05) is 0 Å². The summed E-state index contributed by atoms with van der Waals surface area (Å²) in [6, 6.07) is 0. The van der Waals surface area contributed by atoms with E-state index in [0.29, 0.717) is 5.56 Å². The minimum Gasteiger partial charge on any atom is -0.395 e. The molecule has 0 aliphatic carbocycles. The second kappa shape index (κ2) is 5.17. The molecular formula is C9H13F3N4O. The number of hydrogen-bond acceptors (Lipinski definition) is 5. The molecule has 0 atom stereocenters. The number of nitrogens with zero attached hydrogens (tertiary/aromatic N) is 3. The Kier molecular flexibility index (Phi) is 4.11. The molecule has 0 radical (unpaired) electrons. The maximum absolute atomic E-state index is 12.3. The van der Waals surface area contributed by atoms with Crippen LogP contribution in [0.15, 0.2) is 6.20 Å². The van der Waals surface area contributed by atoms with Crippen LogP contribution in [0.25, 0.3) is 0 Å². The predicted octanol–water partition coefficient (Wildman–Crippen LogP) is 0.728. The van der Waals surface area contributed by atoms with Gasteiger partial charge in [-0.3, -0.25) is 0 Å². The zero-order chi connectivity index (χ0) is 13.1. The highest BCUT2D eigenvalue weighted by atomic mass is 19.4. The van der Waals surface area contributed by atoms with Crippen molar-refractivity contribution >= 4 is 11.8 Å². The molecule has 17 heavy (non-hydrogen) atoms. The van der Waals surface area contributed by atoms with Crippen LogP contribution in [0.3, 0.4) is 0 Å². The predicted molar refractivity (Wildman–Crippen MR) is 56.5 cm³/mol. The molecule has 0 aromatic carbocycles. The first-order chi connectivity index (χ1) is 7.83. The Morgan fingerprint density at radius 2 is 2.12 bits per heavy atom. The second-order valence-corrected chi connectivity index (χ2v) is 3.50. The average Bonchev–Trinajstić information content (AvgIpc) is 2.19. The number of aromatic nitrogens is 2. The Labute approximate surface area is 96.1 Å². The van der Waals surface area contributed by atoms with Crippen molar-refractivity contribution in [3.63, 3.8) is 0 Å². The van der Waals surface area contributed by atoms with Gasteiger partial charge in [-0.2, -0.15) is 18.2 Å². The number of rotatable bonds is 4. The minimum absolute atomic E-state index is 0.0869. The molecule has 0 amide bonds. The van der Waals surface area contributed by atoms with E-state index in [2.05, 4.69) is 9.97 Å². The third-order valence-electron chi connectivity index (χ3n) is 2.00. The van der Waals surface area contributed by atoms with E-state index in [1.807, 2.05) is 0 Å². The maximum Gasteiger partial charge on any atom is 0.405 e. The Balaban J connectivity index is 3.00. The van der Waals surface area contributed by atoms with E-state index in [1.165, 1.54) is 6.20 Å². The summed E-state index contributed by atoms with van der Waals surface area (Å²) in [5.41, 5.74) is 5.80. The molecule has 1 aromatic rings. The summed E-state index contributed by atoms with van der Waals surface area (Å²) in [6.45, 7) is -0.184. The normalized spacial score (nSPS) is 11.6. The number of anilines is 2. The van der Waals surface area contributed by atoms with E-state index in [4.69, 9.17) is 10.8 Å². The highest BCUT2D eigenvalue weighted by Gasteiger charge is 2.31. The zero-order valence-corrected chi connectivity index (χ0v) is 9.20. The second-order valence-electron chi connectivity index (χ2n) is 3.50. The molecule has 8 heteroatoms. The van der Waals surface area contributed by atoms with Gasteiger partial charge in [0, 0.05) is 18.3 Å². The fourth-order valence-electron chi connectivity index (χ4n) is 1.36. The molecule has 5 nitrogen and oxygen atoms in total. The van der Waals surface area contributed by atoms with Crippen molar-refractivity contribution < 1.29 is 18.3 Å². The van der Waals surface area contributed by atoms with Gasteiger partial charge in [0.25, 0.3) is 0 Å². The van der Waals surface area contributed by atoms with Gasteiger partial charge in [-0.25, -0.2) is 4.98 Å². The smallest absolute Gasteiger partial charge is 0.395 e. The Morgan fingerprint density at radius 3 is 2.65 bits per heavy atom. The van der Waals surface area contributed by atoms with Gasteiger partial charge in [-0.05, 0) is 6.92 Å². The van der Waals surface area contributed by atoms with Crippen LogP contribution in [0.4, 0.5) is 24.9 Å². The van der Waals surface area contributed by atoms with Crippen LogP contribution in [0.5, 0.6) is 0 Å². The highest BCUT2D eigenvalue weighted by molar-refractivity contribution is 5.48. The van der Waals surface area contributed by atoms with Gasteiger partial charge in [0.1, 0.15) is 12.4 Å². The van der Waals surface area contributed by atoms with Crippen molar-refractivity contribution in [1.29, 1.82) is 0 Å². The first kappa shape index (κ1) is 13.5. The molecule has 0 unspecified atom stereocenters. The number of aliphatic hydroxyl groups excluding tert-OH is 1. The van der Waals surface area contributed by atoms with E-state index in [-0.39, 0.29) is 18.3 Å². The zero-order valence-electron chi connectivity index (χ0n) is 9.20. The van der Waals surface area contributed by atoms with Gasteiger partial charge < -0.3 is 15.7 Å². The summed E-state index contributed by atoms with van der Waals surface area (Å²) in [5, 5.41) is 8.77. The van der Waals surface area contributed by atoms with Gasteiger partial charge >= 0.3 is 6.18 Å². The largest absolute Gasteiger partial charge is 0.405 e. The quantitative estimate of drug-likeness (QED) is 0.823. The van der Waals surface area contributed by atoms with Gasteiger partial charge in [0.15, 0.2) is 0 Å². The van der Waals surface area contributed by atoms with Crippen LogP contribution < -0.4 is 10.6 Å². The van der Waals surface area contributed by atoms with Crippen LogP contribution in [-0.4, -0.2) is 40.9 Å². The number of nitrogen functional groups attached to an aromatic ring is 1. The summed E-state index contributed by atoms with van der Waals surface area (Å²) in [7, 11) is 0. The van der Waals surface area contributed by atoms with E-state index in [9.17, 15) is 13.2 Å². The average molecular weight is 250 g/mol.